The Hall–Kier alpha value is -2.10. The van der Waals surface area contributed by atoms with Crippen molar-refractivity contribution >= 4 is 29.1 Å². The van der Waals surface area contributed by atoms with Crippen molar-refractivity contribution in [1.29, 1.82) is 0 Å². The number of hydrogen-bond acceptors (Lipinski definition) is 8. The summed E-state index contributed by atoms with van der Waals surface area (Å²) in [4.78, 5) is 9.53. The van der Waals surface area contributed by atoms with Crippen LogP contribution in [-0.4, -0.2) is 49.9 Å². The lowest BCUT2D eigenvalue weighted by Gasteiger charge is -2.28. The second kappa shape index (κ2) is 8.50. The first-order valence-electron chi connectivity index (χ1n) is 8.85. The summed E-state index contributed by atoms with van der Waals surface area (Å²) in [5, 5.41) is 24.0. The summed E-state index contributed by atoms with van der Waals surface area (Å²) in [6.45, 7) is 0.875. The lowest BCUT2D eigenvalue weighted by Crippen LogP contribution is -2.42. The molecule has 0 aliphatic carbocycles. The molecule has 1 saturated heterocycles. The number of aromatic nitrogens is 3. The molecule has 1 fully saturated rings. The molecule has 4 rings (SSSR count). The average molecular weight is 419 g/mol. The average Bonchev–Trinajstić information content (AvgIpc) is 3.26. The molecule has 3 atom stereocenters. The van der Waals surface area contributed by atoms with Crippen LogP contribution in [0.1, 0.15) is 23.0 Å². The van der Waals surface area contributed by atoms with Crippen LogP contribution in [0.15, 0.2) is 42.7 Å². The van der Waals surface area contributed by atoms with E-state index in [1.54, 1.807) is 12.3 Å². The van der Waals surface area contributed by atoms with Crippen LogP contribution in [-0.2, 0) is 4.74 Å². The first-order chi connectivity index (χ1) is 13.6. The highest BCUT2D eigenvalue weighted by molar-refractivity contribution is 7.05. The number of aliphatic hydroxyl groups excluding tert-OH is 2. The lowest BCUT2D eigenvalue weighted by molar-refractivity contribution is -0.0136. The zero-order valence-electron chi connectivity index (χ0n) is 14.8. The molecule has 1 aliphatic rings. The Labute approximate surface area is 171 Å². The summed E-state index contributed by atoms with van der Waals surface area (Å²) >= 11 is 7.58. The molecule has 7 nitrogen and oxygen atoms in total. The largest absolute Gasteiger partial charge is 0.389 e. The van der Waals surface area contributed by atoms with E-state index in [9.17, 15) is 10.2 Å². The Morgan fingerprint density at radius 3 is 2.79 bits per heavy atom. The maximum atomic E-state index is 10.4. The predicted octanol–water partition coefficient (Wildman–Crippen LogP) is 2.90. The Balaban J connectivity index is 1.55. The van der Waals surface area contributed by atoms with Crippen LogP contribution >= 0.6 is 23.1 Å². The molecule has 1 aromatic carbocycles. The van der Waals surface area contributed by atoms with Crippen molar-refractivity contribution in [2.45, 2.75) is 24.7 Å². The number of nitrogens with one attached hydrogen (secondary N) is 1. The number of halogens is 1. The smallest absolute Gasteiger partial charge is 0.223 e. The van der Waals surface area contributed by atoms with Gasteiger partial charge in [-0.2, -0.15) is 0 Å². The summed E-state index contributed by atoms with van der Waals surface area (Å²) in [5.41, 5.74) is 2.16. The molecule has 146 valence electrons. The van der Waals surface area contributed by atoms with Gasteiger partial charge in [-0.1, -0.05) is 35.9 Å². The minimum Gasteiger partial charge on any atom is -0.389 e. The van der Waals surface area contributed by atoms with Gasteiger partial charge in [-0.3, -0.25) is 0 Å². The van der Waals surface area contributed by atoms with Crippen LogP contribution in [0.25, 0.3) is 11.3 Å². The summed E-state index contributed by atoms with van der Waals surface area (Å²) in [6.07, 6.45) is 2.56. The van der Waals surface area contributed by atoms with Gasteiger partial charge in [0.25, 0.3) is 0 Å². The molecule has 28 heavy (non-hydrogen) atoms. The van der Waals surface area contributed by atoms with Gasteiger partial charge < -0.3 is 20.3 Å². The molecule has 0 radical (unpaired) electrons. The Morgan fingerprint density at radius 2 is 2.07 bits per heavy atom. The van der Waals surface area contributed by atoms with Gasteiger partial charge in [-0.25, -0.2) is 14.3 Å². The van der Waals surface area contributed by atoms with E-state index in [-0.39, 0.29) is 6.04 Å². The van der Waals surface area contributed by atoms with Gasteiger partial charge in [0.05, 0.1) is 40.5 Å². The molecule has 0 bridgehead atoms. The molecule has 3 N–H and O–H groups in total. The first kappa shape index (κ1) is 19.2. The summed E-state index contributed by atoms with van der Waals surface area (Å²) in [6, 6.07) is 9.04. The molecule has 1 aliphatic heterocycles. The molecule has 9 heteroatoms. The van der Waals surface area contributed by atoms with Crippen LogP contribution in [0, 0.1) is 0 Å². The van der Waals surface area contributed by atoms with Gasteiger partial charge in [-0.15, -0.1) is 0 Å². The fraction of sp³-hybridized carbons (Fsp3) is 0.316. The molecule has 3 heterocycles. The molecule has 0 spiro atoms. The molecule has 0 unspecified atom stereocenters. The third-order valence-corrected chi connectivity index (χ3v) is 5.69. The molecular formula is C19H19ClN4O3S. The third-order valence-electron chi connectivity index (χ3n) is 4.61. The summed E-state index contributed by atoms with van der Waals surface area (Å²) in [5.74, 6) is 0.402. The number of ether oxygens (including phenoxy) is 1. The van der Waals surface area contributed by atoms with Crippen LogP contribution in [0.2, 0.25) is 5.02 Å². The van der Waals surface area contributed by atoms with Crippen molar-refractivity contribution in [3.63, 3.8) is 0 Å². The van der Waals surface area contributed by atoms with Crippen LogP contribution in [0.4, 0.5) is 5.95 Å². The quantitative estimate of drug-likeness (QED) is 0.585. The highest BCUT2D eigenvalue weighted by Crippen LogP contribution is 2.30. The maximum Gasteiger partial charge on any atom is 0.223 e. The normalized spacial score (nSPS) is 20.7. The lowest BCUT2D eigenvalue weighted by atomic mass is 10.0. The fourth-order valence-electron chi connectivity index (χ4n) is 3.05. The van der Waals surface area contributed by atoms with Gasteiger partial charge in [-0.05, 0) is 29.6 Å². The van der Waals surface area contributed by atoms with Crippen molar-refractivity contribution in [2.75, 3.05) is 18.5 Å². The predicted molar refractivity (Wildman–Crippen MR) is 108 cm³/mol. The van der Waals surface area contributed by atoms with Crippen molar-refractivity contribution in [1.82, 2.24) is 14.3 Å². The van der Waals surface area contributed by atoms with E-state index in [2.05, 4.69) is 19.7 Å². The van der Waals surface area contributed by atoms with Gasteiger partial charge in [0.2, 0.25) is 5.95 Å². The first-order valence-corrected chi connectivity index (χ1v) is 10.0. The van der Waals surface area contributed by atoms with E-state index in [1.165, 1.54) is 17.7 Å². The molecule has 2 aromatic heterocycles. The standard InChI is InChI=1S/C19H19ClN4O3S/c20-13-9-21-19(23-14-6-8-27-10-15(14)25)24-17(13)11-1-3-12(4-2-11)18(26)16-5-7-22-28-16/h1-5,7,9,14-15,18,25-26H,6,8,10H2,(H,21,23,24)/t14-,15-,18+/m1/s1. The fourth-order valence-corrected chi connectivity index (χ4v) is 3.85. The molecule has 0 saturated carbocycles. The zero-order valence-corrected chi connectivity index (χ0v) is 16.4. The topological polar surface area (TPSA) is 100 Å². The minimum absolute atomic E-state index is 0.167. The van der Waals surface area contributed by atoms with E-state index >= 15 is 0 Å². The molecule has 0 amide bonds. The van der Waals surface area contributed by atoms with Crippen molar-refractivity contribution in [3.8, 4) is 11.3 Å². The van der Waals surface area contributed by atoms with Gasteiger partial charge >= 0.3 is 0 Å². The second-order valence-electron chi connectivity index (χ2n) is 6.51. The number of anilines is 1. The van der Waals surface area contributed by atoms with E-state index in [0.717, 1.165) is 16.0 Å². The highest BCUT2D eigenvalue weighted by Gasteiger charge is 2.24. The van der Waals surface area contributed by atoms with Crippen LogP contribution in [0.3, 0.4) is 0 Å². The monoisotopic (exact) mass is 418 g/mol. The van der Waals surface area contributed by atoms with Gasteiger partial charge in [0.15, 0.2) is 0 Å². The highest BCUT2D eigenvalue weighted by atomic mass is 35.5. The van der Waals surface area contributed by atoms with Crippen LogP contribution < -0.4 is 5.32 Å². The van der Waals surface area contributed by atoms with E-state index in [0.29, 0.717) is 36.3 Å². The van der Waals surface area contributed by atoms with E-state index < -0.39 is 12.2 Å². The maximum absolute atomic E-state index is 10.4. The zero-order chi connectivity index (χ0) is 19.5. The number of rotatable bonds is 5. The van der Waals surface area contributed by atoms with Crippen LogP contribution in [0.5, 0.6) is 0 Å². The van der Waals surface area contributed by atoms with Gasteiger partial charge in [0, 0.05) is 18.4 Å². The number of nitrogens with zero attached hydrogens (tertiary/aromatic N) is 3. The Morgan fingerprint density at radius 1 is 1.25 bits per heavy atom. The Bertz CT molecular complexity index is 923. The van der Waals surface area contributed by atoms with Crippen molar-refractivity contribution in [2.24, 2.45) is 0 Å². The Kier molecular flexibility index (Phi) is 5.84. The number of hydrogen-bond donors (Lipinski definition) is 3. The van der Waals surface area contributed by atoms with Crippen molar-refractivity contribution < 1.29 is 14.9 Å². The molecular weight excluding hydrogens is 400 g/mol. The SMILES string of the molecule is O[C@@H](c1ccc(-c2nc(N[C@@H]3CCOC[C@H]3O)ncc2Cl)cc1)c1ccns1. The molecule has 3 aromatic rings. The second-order valence-corrected chi connectivity index (χ2v) is 7.78. The minimum atomic E-state index is -0.713. The third kappa shape index (κ3) is 4.16. The summed E-state index contributed by atoms with van der Waals surface area (Å²) < 4.78 is 9.27. The van der Waals surface area contributed by atoms with E-state index in [4.69, 9.17) is 16.3 Å². The van der Waals surface area contributed by atoms with Gasteiger partial charge in [0.1, 0.15) is 6.10 Å². The number of benzene rings is 1. The van der Waals surface area contributed by atoms with Crippen molar-refractivity contribution in [3.05, 3.63) is 58.2 Å². The summed E-state index contributed by atoms with van der Waals surface area (Å²) in [7, 11) is 0. The van der Waals surface area contributed by atoms with E-state index in [1.807, 2.05) is 24.3 Å². The number of aliphatic hydroxyl groups is 2.